The molecule has 0 aliphatic carbocycles. The van der Waals surface area contributed by atoms with E-state index in [1.165, 1.54) is 77.6 Å². The zero-order valence-corrected chi connectivity index (χ0v) is 53.6. The van der Waals surface area contributed by atoms with E-state index < -0.39 is 140 Å². The minimum atomic E-state index is -2.00. The Morgan fingerprint density at radius 3 is 1.55 bits per heavy atom. The van der Waals surface area contributed by atoms with Gasteiger partial charge in [-0.3, -0.25) is 14.4 Å². The van der Waals surface area contributed by atoms with Crippen LogP contribution in [0.4, 0.5) is 21.0 Å². The van der Waals surface area contributed by atoms with Gasteiger partial charge in [-0.25, -0.2) is 29.0 Å². The summed E-state index contributed by atoms with van der Waals surface area (Å²) in [5.74, 6) is -4.26. The number of aliphatic carboxylic acids is 2. The second-order valence-corrected chi connectivity index (χ2v) is 25.8. The van der Waals surface area contributed by atoms with Crippen LogP contribution in [0.5, 0.6) is 28.7 Å². The van der Waals surface area contributed by atoms with Crippen molar-refractivity contribution >= 4 is 53.1 Å². The van der Waals surface area contributed by atoms with Crippen LogP contribution >= 0.6 is 0 Å². The molecular formula is C67H78N4O26. The lowest BCUT2D eigenvalue weighted by molar-refractivity contribution is -0.271. The van der Waals surface area contributed by atoms with Gasteiger partial charge in [0.05, 0.1) is 60.5 Å². The van der Waals surface area contributed by atoms with Crippen LogP contribution in [0.15, 0.2) is 91.0 Å². The van der Waals surface area contributed by atoms with E-state index in [0.717, 1.165) is 9.80 Å². The molecule has 0 bridgehead atoms. The highest BCUT2D eigenvalue weighted by Gasteiger charge is 2.52. The Bertz CT molecular complexity index is 3710. The normalized spacial score (nSPS) is 27.0. The minimum absolute atomic E-state index is 0.000313. The van der Waals surface area contributed by atoms with Gasteiger partial charge >= 0.3 is 24.1 Å². The zero-order valence-electron chi connectivity index (χ0n) is 53.6. The molecule has 4 fully saturated rings. The number of unbranched alkanes of at least 4 members (excludes halogenated alkanes) is 2. The standard InChI is InChI=1S/C67H78N4O26/c1-31-19-42-59(81)70(66(88)93-30-35-13-16-45(39(22-35)44(72)26-67(4,5)6)95-64-54(78)50(74)52(76)56(97-64)62(85)86)40-24-46(33(3)21-37(40)57(79)68(42)27-31)90-17-9-8-10-18-91-48-25-41-38(23-47(48)89-7)58(80)69-28-32(2)20-43(69)60(82)71(41)65(87)92-29-34-11-14-36(15-12-34)94-63-53(77)49(73)51(75)55(96-63)61(83)84/h11-16,21-25,42-43,49-56,59-60,63-64,73-78,81-82H,1-2,8-10,17-20,26-30H2,3-7H3,(H,83,84)(H,85,86)/t42-,43-,49-,50-,51-,52-,53+,54+,55-,56-,59?,60?,63+,64+/m0/s1. The molecule has 4 aromatic carbocycles. The van der Waals surface area contributed by atoms with Crippen molar-refractivity contribution in [2.75, 3.05) is 43.2 Å². The Morgan fingerprint density at radius 2 is 1.04 bits per heavy atom. The third-order valence-electron chi connectivity index (χ3n) is 17.4. The number of nitrogens with zero attached hydrogens (tertiary/aromatic N) is 4. The molecule has 4 amide bonds. The molecule has 10 N–H and O–H groups in total. The van der Waals surface area contributed by atoms with Crippen molar-refractivity contribution in [3.63, 3.8) is 0 Å². The number of aliphatic hydroxyl groups is 8. The molecule has 6 aliphatic heterocycles. The molecule has 0 radical (unpaired) electrons. The highest BCUT2D eigenvalue weighted by molar-refractivity contribution is 6.07. The van der Waals surface area contributed by atoms with Crippen molar-refractivity contribution in [1.29, 1.82) is 0 Å². The molecule has 30 nitrogen and oxygen atoms in total. The van der Waals surface area contributed by atoms with Gasteiger partial charge in [-0.05, 0) is 97.5 Å². The van der Waals surface area contributed by atoms with Crippen LogP contribution in [0.2, 0.25) is 0 Å². The molecule has 6 aliphatic rings. The van der Waals surface area contributed by atoms with Gasteiger partial charge in [0.15, 0.2) is 41.9 Å². The number of amides is 4. The summed E-state index contributed by atoms with van der Waals surface area (Å²) in [6.45, 7) is 14.8. The number of aryl methyl sites for hydroxylation is 1. The number of fused-ring (bicyclic) bond motifs is 4. The van der Waals surface area contributed by atoms with Crippen LogP contribution in [0.1, 0.15) is 107 Å². The number of carboxylic acid groups (broad SMARTS) is 2. The van der Waals surface area contributed by atoms with Crippen molar-refractivity contribution in [2.45, 2.75) is 165 Å². The minimum Gasteiger partial charge on any atom is -0.493 e. The number of rotatable bonds is 21. The van der Waals surface area contributed by atoms with Gasteiger partial charge in [0.2, 0.25) is 12.6 Å². The second kappa shape index (κ2) is 29.0. The van der Waals surface area contributed by atoms with Gasteiger partial charge in [-0.2, -0.15) is 0 Å². The van der Waals surface area contributed by atoms with E-state index in [2.05, 4.69) is 13.2 Å². The monoisotopic (exact) mass is 1350 g/mol. The Balaban J connectivity index is 0.797. The summed E-state index contributed by atoms with van der Waals surface area (Å²) in [5, 5.41) is 105. The van der Waals surface area contributed by atoms with Crippen LogP contribution in [0.25, 0.3) is 0 Å². The van der Waals surface area contributed by atoms with Crippen LogP contribution in [-0.2, 0) is 41.8 Å². The average molecular weight is 1360 g/mol. The van der Waals surface area contributed by atoms with Crippen molar-refractivity contribution in [3.8, 4) is 28.7 Å². The largest absolute Gasteiger partial charge is 0.493 e. The zero-order chi connectivity index (χ0) is 70.2. The number of methoxy groups -OCH3 is 1. The number of hydrogen-bond donors (Lipinski definition) is 10. The maximum atomic E-state index is 14.5. The van der Waals surface area contributed by atoms with E-state index in [0.29, 0.717) is 41.5 Å². The topological polar surface area (TPSA) is 418 Å². The summed E-state index contributed by atoms with van der Waals surface area (Å²) in [5.41, 5.74) is 1.85. The van der Waals surface area contributed by atoms with E-state index in [-0.39, 0.29) is 115 Å². The van der Waals surface area contributed by atoms with E-state index >= 15 is 0 Å². The summed E-state index contributed by atoms with van der Waals surface area (Å²) in [6.07, 6.45) is -22.6. The molecule has 4 saturated heterocycles. The van der Waals surface area contributed by atoms with Gasteiger partial charge < -0.3 is 103 Å². The van der Waals surface area contributed by atoms with E-state index in [1.807, 2.05) is 20.8 Å². The molecule has 14 atom stereocenters. The number of ketones is 1. The molecule has 10 rings (SSSR count). The van der Waals surface area contributed by atoms with Crippen molar-refractivity contribution in [1.82, 2.24) is 9.80 Å². The maximum Gasteiger partial charge on any atom is 0.416 e. The first-order valence-corrected chi connectivity index (χ1v) is 31.2. The Kier molecular flexibility index (Phi) is 21.2. The van der Waals surface area contributed by atoms with Crippen molar-refractivity contribution in [2.24, 2.45) is 5.41 Å². The number of ether oxygens (including phenoxy) is 9. The fraction of sp³-hybridized carbons (Fsp3) is 0.478. The fourth-order valence-corrected chi connectivity index (χ4v) is 12.3. The SMILES string of the molecule is C=C1C[C@H]2C(O)N(C(=O)OCc3ccc(O[C@@H]4O[C@H](C(=O)O)[C@@H](O)[C@H](O)[C@H]4O)c(C(=O)CC(C)(C)C)c3)c3cc(OCCCCCOc4cc5c(cc4OC)C(=O)N4CC(=C)C[C@H]4C(O)N5C(=O)OCc4ccc(O[C@@H]5O[C@H](C(=O)O)[C@@H](O)[C@H](O)[C@H]5O)cc4)c(C)cc3C(=O)N2C1. The van der Waals surface area contributed by atoms with Gasteiger partial charge in [0.25, 0.3) is 11.8 Å². The molecule has 97 heavy (non-hydrogen) atoms. The molecule has 4 aromatic rings. The molecule has 0 spiro atoms. The molecule has 0 aromatic heterocycles. The number of carbonyl (C=O) groups is 7. The third-order valence-corrected chi connectivity index (χ3v) is 17.4. The first-order chi connectivity index (χ1) is 45.9. The lowest BCUT2D eigenvalue weighted by Gasteiger charge is -2.38. The average Bonchev–Trinajstić information content (AvgIpc) is 1.64. The Morgan fingerprint density at radius 1 is 0.567 bits per heavy atom. The predicted octanol–water partition coefficient (Wildman–Crippen LogP) is 3.28. The molecule has 2 unspecified atom stereocenters. The molecule has 0 saturated carbocycles. The van der Waals surface area contributed by atoms with Crippen molar-refractivity contribution in [3.05, 3.63) is 124 Å². The lowest BCUT2D eigenvalue weighted by Crippen LogP contribution is -2.61. The number of aliphatic hydroxyl groups excluding tert-OH is 8. The fourth-order valence-electron chi connectivity index (χ4n) is 12.3. The third kappa shape index (κ3) is 15.0. The molecule has 30 heteroatoms. The quantitative estimate of drug-likeness (QED) is 0.0325. The smallest absolute Gasteiger partial charge is 0.416 e. The number of carbonyl (C=O) groups excluding carboxylic acids is 5. The number of hydrogen-bond acceptors (Lipinski definition) is 24. The van der Waals surface area contributed by atoms with Gasteiger partial charge in [0.1, 0.15) is 67.1 Å². The summed E-state index contributed by atoms with van der Waals surface area (Å²) in [6, 6.07) is 13.9. The number of anilines is 2. The summed E-state index contributed by atoms with van der Waals surface area (Å²) in [4.78, 5) is 99.3. The Hall–Kier alpha value is -8.95. The highest BCUT2D eigenvalue weighted by atomic mass is 16.7. The Labute approximate surface area is 555 Å². The maximum absolute atomic E-state index is 14.5. The van der Waals surface area contributed by atoms with Gasteiger partial charge in [-0.15, -0.1) is 0 Å². The molecular weight excluding hydrogens is 1280 g/mol. The first-order valence-electron chi connectivity index (χ1n) is 31.2. The highest BCUT2D eigenvalue weighted by Crippen LogP contribution is 2.44. The molecule has 522 valence electrons. The summed E-state index contributed by atoms with van der Waals surface area (Å²) >= 11 is 0. The second-order valence-electron chi connectivity index (χ2n) is 25.8. The summed E-state index contributed by atoms with van der Waals surface area (Å²) < 4.78 is 51.7. The van der Waals surface area contributed by atoms with E-state index in [1.54, 1.807) is 13.0 Å². The number of carboxylic acids is 2. The van der Waals surface area contributed by atoms with Crippen LogP contribution in [-0.4, -0.2) is 222 Å². The van der Waals surface area contributed by atoms with Crippen molar-refractivity contribution < 1.29 is 127 Å². The van der Waals surface area contributed by atoms with Gasteiger partial charge in [0, 0.05) is 31.6 Å². The lowest BCUT2D eigenvalue weighted by atomic mass is 9.87. The summed E-state index contributed by atoms with van der Waals surface area (Å²) in [7, 11) is 1.37. The number of benzene rings is 4. The van der Waals surface area contributed by atoms with Gasteiger partial charge in [-0.1, -0.05) is 63.3 Å². The van der Waals surface area contributed by atoms with E-state index in [9.17, 15) is 84.6 Å². The predicted molar refractivity (Wildman–Crippen MR) is 335 cm³/mol. The molecule has 6 heterocycles. The first kappa shape index (κ1) is 70.8. The van der Waals surface area contributed by atoms with Crippen LogP contribution in [0, 0.1) is 12.3 Å². The van der Waals surface area contributed by atoms with Crippen LogP contribution < -0.4 is 33.5 Å². The number of Topliss-reactive ketones (excluding diaryl/α,β-unsaturated/α-hetero) is 1. The van der Waals surface area contributed by atoms with Crippen LogP contribution in [0.3, 0.4) is 0 Å². The van der Waals surface area contributed by atoms with E-state index in [4.69, 9.17) is 42.6 Å².